The quantitative estimate of drug-likeness (QED) is 0.563. The lowest BCUT2D eigenvalue weighted by molar-refractivity contribution is -0.310. The zero-order chi connectivity index (χ0) is 16.3. The number of amides is 1. The van der Waals surface area contributed by atoms with Crippen LogP contribution in [0.5, 0.6) is 0 Å². The summed E-state index contributed by atoms with van der Waals surface area (Å²) in [6.45, 7) is 1.96. The van der Waals surface area contributed by atoms with Crippen molar-refractivity contribution in [3.63, 3.8) is 0 Å². The third-order valence-electron chi connectivity index (χ3n) is 3.17. The Hall–Kier alpha value is -0.830. The van der Waals surface area contributed by atoms with Crippen molar-refractivity contribution in [2.45, 2.75) is 19.4 Å². The molecular formula is C14H14NO3S4-. The maximum atomic E-state index is 12.5. The summed E-state index contributed by atoms with van der Waals surface area (Å²) in [4.78, 5) is 26.5. The second-order valence-electron chi connectivity index (χ2n) is 4.64. The summed E-state index contributed by atoms with van der Waals surface area (Å²) in [5, 5.41) is 13.3. The zero-order valence-electron chi connectivity index (χ0n) is 12.0. The lowest BCUT2D eigenvalue weighted by atomic mass is 10.2. The molecule has 0 radical (unpaired) electrons. The minimum Gasteiger partial charge on any atom is -0.548 e. The smallest absolute Gasteiger partial charge is 0.266 e. The van der Waals surface area contributed by atoms with Crippen LogP contribution in [0.3, 0.4) is 0 Å². The maximum absolute atomic E-state index is 12.5. The highest BCUT2D eigenvalue weighted by atomic mass is 32.2. The van der Waals surface area contributed by atoms with Gasteiger partial charge in [0.05, 0.1) is 16.9 Å². The fourth-order valence-electron chi connectivity index (χ4n) is 1.98. The maximum Gasteiger partial charge on any atom is 0.266 e. The van der Waals surface area contributed by atoms with E-state index in [0.29, 0.717) is 17.1 Å². The molecule has 0 saturated carbocycles. The van der Waals surface area contributed by atoms with Crippen molar-refractivity contribution in [2.24, 2.45) is 0 Å². The van der Waals surface area contributed by atoms with E-state index >= 15 is 0 Å². The second-order valence-corrected chi connectivity index (χ2v) is 8.24. The predicted octanol–water partition coefficient (Wildman–Crippen LogP) is 2.13. The Balaban J connectivity index is 2.26. The van der Waals surface area contributed by atoms with Crippen LogP contribution in [0.2, 0.25) is 0 Å². The van der Waals surface area contributed by atoms with Crippen LogP contribution >= 0.6 is 47.1 Å². The lowest BCUT2D eigenvalue weighted by Gasteiger charge is -2.27. The van der Waals surface area contributed by atoms with E-state index in [4.69, 9.17) is 12.2 Å². The van der Waals surface area contributed by atoms with Gasteiger partial charge in [0.2, 0.25) is 0 Å². The van der Waals surface area contributed by atoms with Gasteiger partial charge in [0.25, 0.3) is 5.91 Å². The molecule has 1 aliphatic rings. The van der Waals surface area contributed by atoms with Gasteiger partial charge in [0, 0.05) is 4.88 Å². The van der Waals surface area contributed by atoms with Gasteiger partial charge >= 0.3 is 0 Å². The minimum atomic E-state index is -1.26. The first-order chi connectivity index (χ1) is 10.5. The van der Waals surface area contributed by atoms with Crippen LogP contribution in [0.4, 0.5) is 0 Å². The number of carbonyl (C=O) groups is 2. The van der Waals surface area contributed by atoms with Crippen LogP contribution < -0.4 is 5.11 Å². The molecule has 1 aliphatic heterocycles. The van der Waals surface area contributed by atoms with Gasteiger partial charge in [-0.05, 0) is 48.4 Å². The molecule has 1 aromatic heterocycles. The SMILES string of the molecule is CSCC[C@@H](C(=O)[O-])N1C(=O)/C(=C\c2sccc2C)SC1=S. The molecule has 2 heterocycles. The topological polar surface area (TPSA) is 60.4 Å². The average Bonchev–Trinajstić information content (AvgIpc) is 2.97. The van der Waals surface area contributed by atoms with Crippen LogP contribution in [0, 0.1) is 6.92 Å². The summed E-state index contributed by atoms with van der Waals surface area (Å²) in [6.07, 6.45) is 3.98. The number of carboxylic acid groups (broad SMARTS) is 1. The Morgan fingerprint density at radius 1 is 1.59 bits per heavy atom. The molecule has 0 bridgehead atoms. The van der Waals surface area contributed by atoms with Gasteiger partial charge in [-0.15, -0.1) is 11.3 Å². The number of hydrogen-bond acceptors (Lipinski definition) is 7. The van der Waals surface area contributed by atoms with Gasteiger partial charge in [-0.3, -0.25) is 9.69 Å². The number of rotatable bonds is 6. The first-order valence-electron chi connectivity index (χ1n) is 6.46. The van der Waals surface area contributed by atoms with Gasteiger partial charge in [-0.2, -0.15) is 11.8 Å². The summed E-state index contributed by atoms with van der Waals surface area (Å²) in [7, 11) is 0. The summed E-state index contributed by atoms with van der Waals surface area (Å²) in [6, 6.07) is 0.968. The van der Waals surface area contributed by atoms with Crippen LogP contribution in [-0.2, 0) is 9.59 Å². The molecule has 0 unspecified atom stereocenters. The van der Waals surface area contributed by atoms with Gasteiger partial charge < -0.3 is 9.90 Å². The van der Waals surface area contributed by atoms with Crippen molar-refractivity contribution in [2.75, 3.05) is 12.0 Å². The lowest BCUT2D eigenvalue weighted by Crippen LogP contribution is -2.50. The number of hydrogen-bond donors (Lipinski definition) is 0. The number of nitrogens with zero attached hydrogens (tertiary/aromatic N) is 1. The highest BCUT2D eigenvalue weighted by molar-refractivity contribution is 8.26. The van der Waals surface area contributed by atoms with Crippen LogP contribution in [0.1, 0.15) is 16.9 Å². The first-order valence-corrected chi connectivity index (χ1v) is 9.96. The molecule has 22 heavy (non-hydrogen) atoms. The molecule has 1 fully saturated rings. The Kier molecular flexibility index (Phi) is 6.08. The molecule has 118 valence electrons. The standard InChI is InChI=1S/C14H15NO3S4/c1-8-3-6-21-10(8)7-11-12(16)15(14(19)22-11)9(13(17)18)4-5-20-2/h3,6-7,9H,4-5H2,1-2H3,(H,17,18)/p-1/b11-7+/t9-/m0/s1. The van der Waals surface area contributed by atoms with Crippen molar-refractivity contribution in [1.82, 2.24) is 4.90 Å². The fourth-order valence-corrected chi connectivity index (χ4v) is 4.71. The molecule has 8 heteroatoms. The third-order valence-corrected chi connectivity index (χ3v) is 6.11. The molecule has 1 amide bonds. The summed E-state index contributed by atoms with van der Waals surface area (Å²) >= 11 is 9.40. The van der Waals surface area contributed by atoms with E-state index in [1.807, 2.05) is 24.6 Å². The number of aliphatic carboxylic acids is 1. The number of thiocarbonyl (C=S) groups is 1. The molecule has 0 spiro atoms. The van der Waals surface area contributed by atoms with Crippen molar-refractivity contribution < 1.29 is 14.7 Å². The molecule has 0 aliphatic carbocycles. The van der Waals surface area contributed by atoms with E-state index in [0.717, 1.165) is 22.2 Å². The Labute approximate surface area is 147 Å². The van der Waals surface area contributed by atoms with Crippen LogP contribution in [0.15, 0.2) is 16.4 Å². The first kappa shape index (κ1) is 17.5. The molecule has 0 aromatic carbocycles. The molecule has 0 N–H and O–H groups in total. The molecular weight excluding hydrogens is 358 g/mol. The Morgan fingerprint density at radius 2 is 2.32 bits per heavy atom. The number of thiophene rings is 1. The van der Waals surface area contributed by atoms with Crippen molar-refractivity contribution in [3.05, 3.63) is 26.8 Å². The monoisotopic (exact) mass is 372 g/mol. The number of carbonyl (C=O) groups excluding carboxylic acids is 2. The average molecular weight is 373 g/mol. The molecule has 1 aromatic rings. The van der Waals surface area contributed by atoms with E-state index < -0.39 is 12.0 Å². The predicted molar refractivity (Wildman–Crippen MR) is 95.9 cm³/mol. The Bertz CT molecular complexity index is 638. The normalized spacial score (nSPS) is 18.3. The van der Waals surface area contributed by atoms with E-state index in [1.54, 1.807) is 6.08 Å². The molecule has 2 rings (SSSR count). The molecule has 4 nitrogen and oxygen atoms in total. The zero-order valence-corrected chi connectivity index (χ0v) is 15.3. The van der Waals surface area contributed by atoms with Crippen molar-refractivity contribution in [3.8, 4) is 0 Å². The molecule has 1 saturated heterocycles. The van der Waals surface area contributed by atoms with E-state index in [-0.39, 0.29) is 10.2 Å². The largest absolute Gasteiger partial charge is 0.548 e. The van der Waals surface area contributed by atoms with Crippen molar-refractivity contribution in [1.29, 1.82) is 0 Å². The van der Waals surface area contributed by atoms with Crippen LogP contribution in [-0.4, -0.2) is 39.1 Å². The summed E-state index contributed by atoms with van der Waals surface area (Å²) in [5.74, 6) is -0.990. The van der Waals surface area contributed by atoms with Gasteiger partial charge in [0.15, 0.2) is 0 Å². The Morgan fingerprint density at radius 3 is 2.86 bits per heavy atom. The highest BCUT2D eigenvalue weighted by Crippen LogP contribution is 2.35. The van der Waals surface area contributed by atoms with E-state index in [9.17, 15) is 14.7 Å². The van der Waals surface area contributed by atoms with Gasteiger partial charge in [0.1, 0.15) is 4.32 Å². The fraction of sp³-hybridized carbons (Fsp3) is 0.357. The minimum absolute atomic E-state index is 0.278. The highest BCUT2D eigenvalue weighted by Gasteiger charge is 2.37. The van der Waals surface area contributed by atoms with Gasteiger partial charge in [-0.25, -0.2) is 0 Å². The van der Waals surface area contributed by atoms with Gasteiger partial charge in [-0.1, -0.05) is 24.0 Å². The van der Waals surface area contributed by atoms with E-state index in [1.165, 1.54) is 28.0 Å². The van der Waals surface area contributed by atoms with Crippen molar-refractivity contribution >= 4 is 69.4 Å². The second kappa shape index (κ2) is 7.63. The van der Waals surface area contributed by atoms with Crippen LogP contribution in [0.25, 0.3) is 6.08 Å². The number of carboxylic acids is 1. The number of thioether (sulfide) groups is 2. The third kappa shape index (κ3) is 3.73. The van der Waals surface area contributed by atoms with E-state index in [2.05, 4.69) is 0 Å². The summed E-state index contributed by atoms with van der Waals surface area (Å²) < 4.78 is 0.278. The summed E-state index contributed by atoms with van der Waals surface area (Å²) in [5.41, 5.74) is 1.08. The number of aryl methyl sites for hydroxylation is 1. The molecule has 1 atom stereocenters.